The van der Waals surface area contributed by atoms with E-state index in [1.807, 2.05) is 7.11 Å². The van der Waals surface area contributed by atoms with E-state index < -0.39 is 0 Å². The zero-order chi connectivity index (χ0) is 8.97. The summed E-state index contributed by atoms with van der Waals surface area (Å²) in [5.41, 5.74) is 0. The molecule has 0 saturated heterocycles. The molecule has 0 N–H and O–H groups in total. The maximum absolute atomic E-state index is 5.25. The summed E-state index contributed by atoms with van der Waals surface area (Å²) in [6.07, 6.45) is 3.10. The van der Waals surface area contributed by atoms with Crippen LogP contribution >= 0.6 is 0 Å². The third kappa shape index (κ3) is 2.46. The third-order valence-electron chi connectivity index (χ3n) is 2.94. The lowest BCUT2D eigenvalue weighted by atomic mass is 9.82. The van der Waals surface area contributed by atoms with Crippen LogP contribution in [0.4, 0.5) is 0 Å². The first-order valence-electron chi connectivity index (χ1n) is 5.05. The Bertz CT molecular complexity index is 117. The summed E-state index contributed by atoms with van der Waals surface area (Å²) in [4.78, 5) is 2.50. The van der Waals surface area contributed by atoms with E-state index in [4.69, 9.17) is 4.74 Å². The molecule has 1 rings (SSSR count). The molecule has 1 saturated carbocycles. The van der Waals surface area contributed by atoms with Crippen molar-refractivity contribution in [2.24, 2.45) is 5.92 Å². The smallest absolute Gasteiger partial charge is 0.0577 e. The van der Waals surface area contributed by atoms with Crippen molar-refractivity contribution in [1.82, 2.24) is 4.90 Å². The molecule has 0 spiro atoms. The maximum Gasteiger partial charge on any atom is 0.0577 e. The summed E-state index contributed by atoms with van der Waals surface area (Å²) < 4.78 is 5.25. The zero-order valence-corrected chi connectivity index (χ0v) is 8.55. The van der Waals surface area contributed by atoms with Crippen LogP contribution in [0, 0.1) is 5.92 Å². The molecule has 12 heavy (non-hydrogen) atoms. The van der Waals surface area contributed by atoms with Crippen LogP contribution in [0.15, 0.2) is 0 Å². The second-order valence-electron chi connectivity index (χ2n) is 3.68. The molecule has 2 heteroatoms. The van der Waals surface area contributed by atoms with E-state index in [1.165, 1.54) is 32.5 Å². The van der Waals surface area contributed by atoms with Crippen LogP contribution in [0.3, 0.4) is 0 Å². The number of methoxy groups -OCH3 is 1. The Kier molecular flexibility index (Phi) is 4.02. The Morgan fingerprint density at radius 2 is 1.83 bits per heavy atom. The van der Waals surface area contributed by atoms with E-state index in [1.54, 1.807) is 0 Å². The van der Waals surface area contributed by atoms with Gasteiger partial charge in [-0.2, -0.15) is 0 Å². The van der Waals surface area contributed by atoms with Crippen molar-refractivity contribution in [3.8, 4) is 0 Å². The number of nitrogens with zero attached hydrogens (tertiary/aromatic N) is 1. The summed E-state index contributed by atoms with van der Waals surface area (Å²) in [7, 11) is 1.82. The highest BCUT2D eigenvalue weighted by Gasteiger charge is 2.29. The van der Waals surface area contributed by atoms with E-state index in [9.17, 15) is 0 Å². The van der Waals surface area contributed by atoms with Gasteiger partial charge in [-0.1, -0.05) is 13.8 Å². The normalized spacial score (nSPS) is 29.0. The number of hydrogen-bond acceptors (Lipinski definition) is 2. The van der Waals surface area contributed by atoms with Gasteiger partial charge in [-0.15, -0.1) is 0 Å². The van der Waals surface area contributed by atoms with Crippen LogP contribution in [0.2, 0.25) is 0 Å². The van der Waals surface area contributed by atoms with Crippen LogP contribution in [-0.4, -0.2) is 37.7 Å². The second-order valence-corrected chi connectivity index (χ2v) is 3.68. The van der Waals surface area contributed by atoms with Gasteiger partial charge in [-0.3, -0.25) is 0 Å². The van der Waals surface area contributed by atoms with Gasteiger partial charge in [0.05, 0.1) is 6.10 Å². The lowest BCUT2D eigenvalue weighted by Crippen LogP contribution is -2.39. The van der Waals surface area contributed by atoms with Crippen molar-refractivity contribution in [3.05, 3.63) is 0 Å². The molecule has 0 aromatic carbocycles. The summed E-state index contributed by atoms with van der Waals surface area (Å²) in [6.45, 7) is 8.11. The number of rotatable bonds is 5. The molecule has 1 fully saturated rings. The molecule has 0 bridgehead atoms. The van der Waals surface area contributed by atoms with Gasteiger partial charge in [-0.25, -0.2) is 0 Å². The molecule has 72 valence electrons. The molecule has 0 heterocycles. The highest BCUT2D eigenvalue weighted by Crippen LogP contribution is 2.29. The van der Waals surface area contributed by atoms with Crippen molar-refractivity contribution in [3.63, 3.8) is 0 Å². The summed E-state index contributed by atoms with van der Waals surface area (Å²) in [5, 5.41) is 0. The van der Waals surface area contributed by atoms with Crippen LogP contribution in [0.25, 0.3) is 0 Å². The summed E-state index contributed by atoms with van der Waals surface area (Å²) in [5.74, 6) is 0.898. The van der Waals surface area contributed by atoms with Gasteiger partial charge in [0.2, 0.25) is 0 Å². The monoisotopic (exact) mass is 171 g/mol. The molecule has 0 aliphatic heterocycles. The minimum atomic E-state index is 0.561. The fourth-order valence-electron chi connectivity index (χ4n) is 1.86. The van der Waals surface area contributed by atoms with Crippen molar-refractivity contribution < 1.29 is 4.74 Å². The van der Waals surface area contributed by atoms with E-state index in [0.29, 0.717) is 6.10 Å². The molecule has 0 unspecified atom stereocenters. The maximum atomic E-state index is 5.25. The molecule has 0 atom stereocenters. The fraction of sp³-hybridized carbons (Fsp3) is 1.00. The van der Waals surface area contributed by atoms with Gasteiger partial charge >= 0.3 is 0 Å². The highest BCUT2D eigenvalue weighted by molar-refractivity contribution is 4.81. The Balaban J connectivity index is 2.09. The number of hydrogen-bond donors (Lipinski definition) is 0. The molecule has 0 amide bonds. The predicted molar refractivity (Wildman–Crippen MR) is 51.3 cm³/mol. The predicted octanol–water partition coefficient (Wildman–Crippen LogP) is 1.75. The number of ether oxygens (including phenoxy) is 1. The lowest BCUT2D eigenvalue weighted by molar-refractivity contribution is -0.00985. The van der Waals surface area contributed by atoms with Crippen LogP contribution in [-0.2, 0) is 4.74 Å². The second kappa shape index (κ2) is 4.83. The summed E-state index contributed by atoms with van der Waals surface area (Å²) >= 11 is 0. The minimum Gasteiger partial charge on any atom is -0.381 e. The molecule has 2 nitrogen and oxygen atoms in total. The average Bonchev–Trinajstić information content (AvgIpc) is 2.03. The first-order valence-corrected chi connectivity index (χ1v) is 5.05. The van der Waals surface area contributed by atoms with E-state index in [-0.39, 0.29) is 0 Å². The van der Waals surface area contributed by atoms with E-state index >= 15 is 0 Å². The quantitative estimate of drug-likeness (QED) is 0.625. The zero-order valence-electron chi connectivity index (χ0n) is 8.55. The molecule has 1 aliphatic carbocycles. The standard InChI is InChI=1S/C10H21NO/c1-4-11(5-2)8-9-6-10(7-9)12-3/h9-10H,4-8H2,1-3H3. The van der Waals surface area contributed by atoms with Gasteiger partial charge in [0.25, 0.3) is 0 Å². The average molecular weight is 171 g/mol. The Morgan fingerprint density at radius 1 is 1.25 bits per heavy atom. The summed E-state index contributed by atoms with van der Waals surface area (Å²) in [6, 6.07) is 0. The molecule has 0 aromatic heterocycles. The van der Waals surface area contributed by atoms with Crippen molar-refractivity contribution in [2.45, 2.75) is 32.8 Å². The largest absolute Gasteiger partial charge is 0.381 e. The third-order valence-corrected chi connectivity index (χ3v) is 2.94. The molecule has 0 radical (unpaired) electrons. The molecule has 0 aromatic rings. The molecular weight excluding hydrogens is 150 g/mol. The van der Waals surface area contributed by atoms with Crippen molar-refractivity contribution >= 4 is 0 Å². The van der Waals surface area contributed by atoms with Gasteiger partial charge in [0.15, 0.2) is 0 Å². The van der Waals surface area contributed by atoms with Gasteiger partial charge in [0, 0.05) is 13.7 Å². The fourth-order valence-corrected chi connectivity index (χ4v) is 1.86. The SMILES string of the molecule is CCN(CC)CC1CC(OC)C1. The van der Waals surface area contributed by atoms with Gasteiger partial charge in [-0.05, 0) is 31.8 Å². The highest BCUT2D eigenvalue weighted by atomic mass is 16.5. The Labute approximate surface area is 75.9 Å². The van der Waals surface area contributed by atoms with Crippen LogP contribution < -0.4 is 0 Å². The topological polar surface area (TPSA) is 12.5 Å². The Morgan fingerprint density at radius 3 is 2.25 bits per heavy atom. The van der Waals surface area contributed by atoms with Crippen molar-refractivity contribution in [1.29, 1.82) is 0 Å². The van der Waals surface area contributed by atoms with Gasteiger partial charge in [0.1, 0.15) is 0 Å². The molecular formula is C10H21NO. The lowest BCUT2D eigenvalue weighted by Gasteiger charge is -2.37. The minimum absolute atomic E-state index is 0.561. The van der Waals surface area contributed by atoms with Gasteiger partial charge < -0.3 is 9.64 Å². The van der Waals surface area contributed by atoms with E-state index in [0.717, 1.165) is 5.92 Å². The van der Waals surface area contributed by atoms with Crippen LogP contribution in [0.1, 0.15) is 26.7 Å². The first-order chi connectivity index (χ1) is 5.80. The first kappa shape index (κ1) is 10.0. The Hall–Kier alpha value is -0.0800. The van der Waals surface area contributed by atoms with Crippen LogP contribution in [0.5, 0.6) is 0 Å². The van der Waals surface area contributed by atoms with Crippen molar-refractivity contribution in [2.75, 3.05) is 26.7 Å². The molecule has 1 aliphatic rings. The van der Waals surface area contributed by atoms with E-state index in [2.05, 4.69) is 18.7 Å².